The van der Waals surface area contributed by atoms with Crippen molar-refractivity contribution < 1.29 is 26.7 Å². The zero-order chi connectivity index (χ0) is 26.4. The fraction of sp³-hybridized carbons (Fsp3) is 0.419. The molecule has 0 unspecified atom stereocenters. The molecule has 3 aromatic carbocycles. The molecule has 0 aliphatic heterocycles. The molecule has 1 aliphatic rings. The van der Waals surface area contributed by atoms with E-state index in [1.807, 2.05) is 12.1 Å². The van der Waals surface area contributed by atoms with Crippen molar-refractivity contribution in [3.05, 3.63) is 83.2 Å². The topological polar surface area (TPSA) is 9.23 Å². The minimum absolute atomic E-state index is 0.219. The van der Waals surface area contributed by atoms with Crippen LogP contribution in [0.4, 0.5) is 22.0 Å². The fourth-order valence-corrected chi connectivity index (χ4v) is 5.28. The van der Waals surface area contributed by atoms with Crippen LogP contribution in [0.2, 0.25) is 0 Å². The van der Waals surface area contributed by atoms with Crippen LogP contribution in [0.1, 0.15) is 70.3 Å². The van der Waals surface area contributed by atoms with Crippen molar-refractivity contribution in [3.8, 4) is 22.6 Å². The predicted molar refractivity (Wildman–Crippen MR) is 136 cm³/mol. The molecule has 0 saturated heterocycles. The van der Waals surface area contributed by atoms with E-state index in [1.54, 1.807) is 12.1 Å². The Kier molecular flexibility index (Phi) is 9.23. The first-order valence-corrected chi connectivity index (χ1v) is 13.3. The Morgan fingerprint density at radius 1 is 0.703 bits per heavy atom. The van der Waals surface area contributed by atoms with Gasteiger partial charge < -0.3 is 4.74 Å². The van der Waals surface area contributed by atoms with E-state index in [0.29, 0.717) is 17.7 Å². The van der Waals surface area contributed by atoms with Crippen LogP contribution < -0.4 is 4.74 Å². The van der Waals surface area contributed by atoms with Crippen molar-refractivity contribution in [3.63, 3.8) is 0 Å². The van der Waals surface area contributed by atoms with Crippen molar-refractivity contribution in [2.24, 2.45) is 11.8 Å². The van der Waals surface area contributed by atoms with Crippen LogP contribution in [-0.4, -0.2) is 0 Å². The Bertz CT molecular complexity index is 1160. The number of hydrogen-bond donors (Lipinski definition) is 0. The summed E-state index contributed by atoms with van der Waals surface area (Å²) in [5.74, 6) is -6.46. The van der Waals surface area contributed by atoms with E-state index in [2.05, 4.69) is 6.92 Å². The highest BCUT2D eigenvalue weighted by atomic mass is 19.2. The number of halogens is 5. The van der Waals surface area contributed by atoms with Gasteiger partial charge in [0, 0.05) is 17.7 Å². The summed E-state index contributed by atoms with van der Waals surface area (Å²) >= 11 is 0. The SMILES string of the molecule is CCCCCC1CCC(CCc2ccc(-c3ccc(F)c(F)c3Oc3cc(F)c(F)c(F)c3)cc2)CC1. The standard InChI is InChI=1S/C31H33F5O/c1-2-3-4-5-20-6-8-21(9-7-20)10-11-22-12-14-23(15-13-22)25-16-17-26(32)30(36)31(25)37-24-18-27(33)29(35)28(34)19-24/h12-21H,2-11H2,1H3. The summed E-state index contributed by atoms with van der Waals surface area (Å²) in [4.78, 5) is 0. The second-order valence-electron chi connectivity index (χ2n) is 10.2. The molecule has 0 amide bonds. The van der Waals surface area contributed by atoms with Gasteiger partial charge in [0.05, 0.1) is 0 Å². The van der Waals surface area contributed by atoms with Crippen molar-refractivity contribution >= 4 is 0 Å². The van der Waals surface area contributed by atoms with E-state index in [-0.39, 0.29) is 5.56 Å². The number of hydrogen-bond acceptors (Lipinski definition) is 1. The lowest BCUT2D eigenvalue weighted by Gasteiger charge is -2.28. The Hall–Kier alpha value is -2.89. The molecule has 0 spiro atoms. The summed E-state index contributed by atoms with van der Waals surface area (Å²) in [6.07, 6.45) is 12.6. The summed E-state index contributed by atoms with van der Waals surface area (Å²) in [7, 11) is 0. The summed E-state index contributed by atoms with van der Waals surface area (Å²) < 4.78 is 74.5. The predicted octanol–water partition coefficient (Wildman–Crippen LogP) is 10.2. The first-order chi connectivity index (χ1) is 17.9. The normalized spacial score (nSPS) is 17.7. The van der Waals surface area contributed by atoms with Crippen LogP contribution in [0, 0.1) is 40.9 Å². The van der Waals surface area contributed by atoms with Gasteiger partial charge in [-0.1, -0.05) is 82.6 Å². The van der Waals surface area contributed by atoms with Crippen LogP contribution in [0.15, 0.2) is 48.5 Å². The molecule has 4 rings (SSSR count). The Labute approximate surface area is 215 Å². The van der Waals surface area contributed by atoms with E-state index >= 15 is 0 Å². The maximum atomic E-state index is 14.7. The van der Waals surface area contributed by atoms with Crippen LogP contribution >= 0.6 is 0 Å². The van der Waals surface area contributed by atoms with Gasteiger partial charge in [-0.3, -0.25) is 0 Å². The van der Waals surface area contributed by atoms with E-state index in [1.165, 1.54) is 57.4 Å². The molecule has 0 bridgehead atoms. The highest BCUT2D eigenvalue weighted by Gasteiger charge is 2.22. The molecule has 1 nitrogen and oxygen atoms in total. The molecule has 0 radical (unpaired) electrons. The summed E-state index contributed by atoms with van der Waals surface area (Å²) in [5.41, 5.74) is 1.94. The Morgan fingerprint density at radius 3 is 1.95 bits per heavy atom. The maximum absolute atomic E-state index is 14.7. The first kappa shape index (κ1) is 27.2. The molecule has 1 fully saturated rings. The third-order valence-electron chi connectivity index (χ3n) is 7.52. The minimum Gasteiger partial charge on any atom is -0.453 e. The van der Waals surface area contributed by atoms with E-state index in [0.717, 1.165) is 36.3 Å². The number of rotatable bonds is 10. The van der Waals surface area contributed by atoms with Crippen molar-refractivity contribution in [2.75, 3.05) is 0 Å². The maximum Gasteiger partial charge on any atom is 0.201 e. The molecule has 3 aromatic rings. The fourth-order valence-electron chi connectivity index (χ4n) is 5.28. The highest BCUT2D eigenvalue weighted by molar-refractivity contribution is 5.71. The lowest BCUT2D eigenvalue weighted by Crippen LogP contribution is -2.15. The summed E-state index contributed by atoms with van der Waals surface area (Å²) in [6.45, 7) is 2.24. The molecule has 1 aliphatic carbocycles. The largest absolute Gasteiger partial charge is 0.453 e. The van der Waals surface area contributed by atoms with Gasteiger partial charge in [-0.2, -0.15) is 4.39 Å². The van der Waals surface area contributed by atoms with Crippen LogP contribution in [0.3, 0.4) is 0 Å². The van der Waals surface area contributed by atoms with Gasteiger partial charge >= 0.3 is 0 Å². The molecular formula is C31H33F5O. The second-order valence-corrected chi connectivity index (χ2v) is 10.2. The Morgan fingerprint density at radius 2 is 1.32 bits per heavy atom. The molecule has 0 heterocycles. The van der Waals surface area contributed by atoms with Gasteiger partial charge in [0.1, 0.15) is 5.75 Å². The van der Waals surface area contributed by atoms with Crippen molar-refractivity contribution in [1.29, 1.82) is 0 Å². The molecule has 0 atom stereocenters. The van der Waals surface area contributed by atoms with Crippen molar-refractivity contribution in [1.82, 2.24) is 0 Å². The van der Waals surface area contributed by atoms with Crippen molar-refractivity contribution in [2.45, 2.75) is 71.1 Å². The average molecular weight is 517 g/mol. The van der Waals surface area contributed by atoms with Gasteiger partial charge in [0.2, 0.25) is 5.82 Å². The molecular weight excluding hydrogens is 483 g/mol. The Balaban J connectivity index is 1.41. The third-order valence-corrected chi connectivity index (χ3v) is 7.52. The monoisotopic (exact) mass is 516 g/mol. The van der Waals surface area contributed by atoms with E-state index in [9.17, 15) is 22.0 Å². The van der Waals surface area contributed by atoms with E-state index in [4.69, 9.17) is 4.74 Å². The number of benzene rings is 3. The van der Waals surface area contributed by atoms with Gasteiger partial charge in [-0.25, -0.2) is 17.6 Å². The van der Waals surface area contributed by atoms with Gasteiger partial charge in [0.15, 0.2) is 29.0 Å². The molecule has 0 N–H and O–H groups in total. The third kappa shape index (κ3) is 6.91. The lowest BCUT2D eigenvalue weighted by molar-refractivity contribution is 0.249. The number of aryl methyl sites for hydroxylation is 1. The number of ether oxygens (including phenoxy) is 1. The summed E-state index contributed by atoms with van der Waals surface area (Å²) in [5, 5.41) is 0. The molecule has 37 heavy (non-hydrogen) atoms. The van der Waals surface area contributed by atoms with Crippen LogP contribution in [0.5, 0.6) is 11.5 Å². The molecule has 198 valence electrons. The van der Waals surface area contributed by atoms with E-state index < -0.39 is 40.6 Å². The zero-order valence-corrected chi connectivity index (χ0v) is 21.1. The molecule has 1 saturated carbocycles. The molecule has 6 heteroatoms. The van der Waals surface area contributed by atoms with Crippen LogP contribution in [-0.2, 0) is 6.42 Å². The summed E-state index contributed by atoms with van der Waals surface area (Å²) in [6, 6.07) is 11.0. The highest BCUT2D eigenvalue weighted by Crippen LogP contribution is 2.38. The smallest absolute Gasteiger partial charge is 0.201 e. The van der Waals surface area contributed by atoms with Crippen LogP contribution in [0.25, 0.3) is 11.1 Å². The minimum atomic E-state index is -1.66. The van der Waals surface area contributed by atoms with Gasteiger partial charge in [-0.05, 0) is 47.9 Å². The first-order valence-electron chi connectivity index (χ1n) is 13.3. The average Bonchev–Trinajstić information content (AvgIpc) is 2.90. The second kappa shape index (κ2) is 12.6. The molecule has 0 aromatic heterocycles. The van der Waals surface area contributed by atoms with Gasteiger partial charge in [-0.15, -0.1) is 0 Å². The lowest BCUT2D eigenvalue weighted by atomic mass is 9.78. The number of unbranched alkanes of at least 4 members (excludes halogenated alkanes) is 2. The quantitative estimate of drug-likeness (QED) is 0.148. The zero-order valence-electron chi connectivity index (χ0n) is 21.1. The van der Waals surface area contributed by atoms with Gasteiger partial charge in [0.25, 0.3) is 0 Å².